The molecule has 2 amide bonds. The molecule has 0 aromatic heterocycles. The highest BCUT2D eigenvalue weighted by Crippen LogP contribution is 2.42. The zero-order chi connectivity index (χ0) is 24.9. The second kappa shape index (κ2) is 10.3. The van der Waals surface area contributed by atoms with Gasteiger partial charge >= 0.3 is 0 Å². The van der Waals surface area contributed by atoms with Gasteiger partial charge in [-0.3, -0.25) is 19.3 Å². The number of aryl methyl sites for hydroxylation is 1. The van der Waals surface area contributed by atoms with Crippen molar-refractivity contribution in [2.75, 3.05) is 17.3 Å². The minimum Gasteiger partial charge on any atom is -0.503 e. The number of hydrogen-bond acceptors (Lipinski definition) is 5. The maximum atomic E-state index is 13.4. The first kappa shape index (κ1) is 23.8. The number of aliphatic hydroxyl groups is 1. The van der Waals surface area contributed by atoms with E-state index in [2.05, 4.69) is 5.32 Å². The van der Waals surface area contributed by atoms with Crippen molar-refractivity contribution in [2.45, 2.75) is 25.8 Å². The van der Waals surface area contributed by atoms with Gasteiger partial charge in [0.15, 0.2) is 11.5 Å². The van der Waals surface area contributed by atoms with Crippen molar-refractivity contribution in [2.24, 2.45) is 0 Å². The van der Waals surface area contributed by atoms with E-state index < -0.39 is 17.7 Å². The Morgan fingerprint density at radius 1 is 1.00 bits per heavy atom. The van der Waals surface area contributed by atoms with Gasteiger partial charge in [0.05, 0.1) is 18.7 Å². The lowest BCUT2D eigenvalue weighted by atomic mass is 9.93. The molecule has 0 saturated heterocycles. The van der Waals surface area contributed by atoms with Crippen molar-refractivity contribution in [3.8, 4) is 5.75 Å². The van der Waals surface area contributed by atoms with E-state index >= 15 is 0 Å². The van der Waals surface area contributed by atoms with E-state index in [4.69, 9.17) is 4.74 Å². The smallest absolute Gasteiger partial charge is 0.294 e. The molecule has 2 N–H and O–H groups in total. The zero-order valence-electron chi connectivity index (χ0n) is 19.5. The average molecular weight is 471 g/mol. The number of rotatable bonds is 8. The average Bonchev–Trinajstić information content (AvgIpc) is 3.13. The second-order valence-corrected chi connectivity index (χ2v) is 8.26. The molecule has 35 heavy (non-hydrogen) atoms. The number of carbonyl (C=O) groups excluding carboxylic acids is 3. The number of benzene rings is 3. The first-order valence-corrected chi connectivity index (χ1v) is 11.2. The number of hydrogen-bond donors (Lipinski definition) is 2. The molecule has 1 heterocycles. The van der Waals surface area contributed by atoms with Crippen molar-refractivity contribution in [3.63, 3.8) is 0 Å². The Bertz CT molecular complexity index is 1300. The van der Waals surface area contributed by atoms with E-state index in [0.29, 0.717) is 29.1 Å². The molecule has 0 aliphatic carbocycles. The third-order valence-corrected chi connectivity index (χ3v) is 5.85. The largest absolute Gasteiger partial charge is 0.503 e. The Morgan fingerprint density at radius 2 is 1.74 bits per heavy atom. The molecule has 0 spiro atoms. The van der Waals surface area contributed by atoms with Crippen LogP contribution in [-0.2, 0) is 20.8 Å². The third kappa shape index (κ3) is 5.09. The number of aliphatic hydroxyl groups excluding tert-OH is 1. The summed E-state index contributed by atoms with van der Waals surface area (Å²) >= 11 is 0. The summed E-state index contributed by atoms with van der Waals surface area (Å²) in [6, 6.07) is 22.5. The van der Waals surface area contributed by atoms with Gasteiger partial charge in [-0.05, 0) is 47.9 Å². The standard InChI is InChI=1S/C28H26N2O5/c1-18(31)29-21-11-7-12-22(17-21)30-26(20-10-6-13-23(16-20)35-2)25(27(33)28(30)34)24(32)15-14-19-8-4-3-5-9-19/h3-13,16-17,26,33H,14-15H2,1-2H3,(H,29,31). The summed E-state index contributed by atoms with van der Waals surface area (Å²) in [5, 5.41) is 13.6. The molecule has 3 aromatic carbocycles. The summed E-state index contributed by atoms with van der Waals surface area (Å²) < 4.78 is 5.36. The van der Waals surface area contributed by atoms with Gasteiger partial charge < -0.3 is 15.2 Å². The monoisotopic (exact) mass is 470 g/mol. The lowest BCUT2D eigenvalue weighted by molar-refractivity contribution is -0.118. The lowest BCUT2D eigenvalue weighted by Gasteiger charge is -2.27. The molecular formula is C28H26N2O5. The van der Waals surface area contributed by atoms with Crippen LogP contribution in [0.25, 0.3) is 0 Å². The van der Waals surface area contributed by atoms with Crippen LogP contribution in [0.5, 0.6) is 5.75 Å². The van der Waals surface area contributed by atoms with Crippen LogP contribution < -0.4 is 15.0 Å². The fraction of sp³-hybridized carbons (Fsp3) is 0.179. The summed E-state index contributed by atoms with van der Waals surface area (Å²) in [5.41, 5.74) is 2.59. The van der Waals surface area contributed by atoms with E-state index in [-0.39, 0.29) is 23.7 Å². The van der Waals surface area contributed by atoms with Crippen LogP contribution in [0.4, 0.5) is 11.4 Å². The predicted octanol–water partition coefficient (Wildman–Crippen LogP) is 4.76. The Morgan fingerprint density at radius 3 is 2.46 bits per heavy atom. The summed E-state index contributed by atoms with van der Waals surface area (Å²) in [7, 11) is 1.53. The molecule has 1 aliphatic heterocycles. The number of methoxy groups -OCH3 is 1. The predicted molar refractivity (Wildman–Crippen MR) is 133 cm³/mol. The summed E-state index contributed by atoms with van der Waals surface area (Å²) in [4.78, 5) is 39.7. The van der Waals surface area contributed by atoms with E-state index in [1.54, 1.807) is 48.5 Å². The van der Waals surface area contributed by atoms with Crippen LogP contribution in [-0.4, -0.2) is 29.8 Å². The number of ketones is 1. The molecule has 3 aromatic rings. The highest BCUT2D eigenvalue weighted by molar-refractivity contribution is 6.16. The molecular weight excluding hydrogens is 444 g/mol. The molecule has 0 saturated carbocycles. The molecule has 0 radical (unpaired) electrons. The Hall–Kier alpha value is -4.39. The minimum absolute atomic E-state index is 0.0455. The van der Waals surface area contributed by atoms with Gasteiger partial charge in [-0.25, -0.2) is 0 Å². The van der Waals surface area contributed by atoms with Crippen LogP contribution in [0.3, 0.4) is 0 Å². The quantitative estimate of drug-likeness (QED) is 0.495. The SMILES string of the molecule is COc1cccc(C2C(C(=O)CCc3ccccc3)=C(O)C(=O)N2c2cccc(NC(C)=O)c2)c1. The normalized spacial score (nSPS) is 15.3. The molecule has 0 bridgehead atoms. The van der Waals surface area contributed by atoms with E-state index in [9.17, 15) is 19.5 Å². The summed E-state index contributed by atoms with van der Waals surface area (Å²) in [6.07, 6.45) is 0.615. The van der Waals surface area contributed by atoms with Crippen molar-refractivity contribution in [1.29, 1.82) is 0 Å². The topological polar surface area (TPSA) is 95.9 Å². The summed E-state index contributed by atoms with van der Waals surface area (Å²) in [6.45, 7) is 1.39. The van der Waals surface area contributed by atoms with Crippen molar-refractivity contribution >= 4 is 29.0 Å². The number of Topliss-reactive ketones (excluding diaryl/α,β-unsaturated/α-hetero) is 1. The Balaban J connectivity index is 1.75. The molecule has 178 valence electrons. The fourth-order valence-electron chi connectivity index (χ4n) is 4.26. The maximum Gasteiger partial charge on any atom is 0.294 e. The highest BCUT2D eigenvalue weighted by Gasteiger charge is 2.44. The van der Waals surface area contributed by atoms with Gasteiger partial charge in [-0.2, -0.15) is 0 Å². The van der Waals surface area contributed by atoms with Crippen LogP contribution in [0.2, 0.25) is 0 Å². The van der Waals surface area contributed by atoms with Crippen LogP contribution >= 0.6 is 0 Å². The Labute approximate surface area is 203 Å². The highest BCUT2D eigenvalue weighted by atomic mass is 16.5. The molecule has 1 aliphatic rings. The number of amides is 2. The second-order valence-electron chi connectivity index (χ2n) is 8.26. The minimum atomic E-state index is -0.853. The number of carbonyl (C=O) groups is 3. The number of nitrogens with one attached hydrogen (secondary N) is 1. The van der Waals surface area contributed by atoms with Gasteiger partial charge in [-0.1, -0.05) is 48.5 Å². The van der Waals surface area contributed by atoms with Crippen LogP contribution in [0, 0.1) is 0 Å². The van der Waals surface area contributed by atoms with Crippen molar-refractivity contribution < 1.29 is 24.2 Å². The van der Waals surface area contributed by atoms with Gasteiger partial charge in [-0.15, -0.1) is 0 Å². The number of anilines is 2. The van der Waals surface area contributed by atoms with Crippen LogP contribution in [0.1, 0.15) is 30.5 Å². The van der Waals surface area contributed by atoms with E-state index in [1.807, 2.05) is 30.3 Å². The molecule has 7 nitrogen and oxygen atoms in total. The van der Waals surface area contributed by atoms with E-state index in [1.165, 1.54) is 18.9 Å². The van der Waals surface area contributed by atoms with Gasteiger partial charge in [0.25, 0.3) is 5.91 Å². The maximum absolute atomic E-state index is 13.4. The summed E-state index contributed by atoms with van der Waals surface area (Å²) in [5.74, 6) is -1.25. The number of nitrogens with zero attached hydrogens (tertiary/aromatic N) is 1. The Kier molecular flexibility index (Phi) is 6.96. The first-order valence-electron chi connectivity index (χ1n) is 11.2. The van der Waals surface area contributed by atoms with Crippen molar-refractivity contribution in [1.82, 2.24) is 0 Å². The number of ether oxygens (including phenoxy) is 1. The van der Waals surface area contributed by atoms with Crippen molar-refractivity contribution in [3.05, 3.63) is 101 Å². The van der Waals surface area contributed by atoms with Crippen LogP contribution in [0.15, 0.2) is 90.2 Å². The molecule has 1 atom stereocenters. The van der Waals surface area contributed by atoms with Gasteiger partial charge in [0, 0.05) is 24.7 Å². The fourth-order valence-corrected chi connectivity index (χ4v) is 4.26. The van der Waals surface area contributed by atoms with Gasteiger partial charge in [0.1, 0.15) is 5.75 Å². The zero-order valence-corrected chi connectivity index (χ0v) is 19.5. The van der Waals surface area contributed by atoms with E-state index in [0.717, 1.165) is 5.56 Å². The molecule has 7 heteroatoms. The molecule has 0 fully saturated rings. The lowest BCUT2D eigenvalue weighted by Crippen LogP contribution is -2.31. The third-order valence-electron chi connectivity index (χ3n) is 5.85. The first-order chi connectivity index (χ1) is 16.9. The molecule has 4 rings (SSSR count). The van der Waals surface area contributed by atoms with Gasteiger partial charge in [0.2, 0.25) is 5.91 Å². The molecule has 1 unspecified atom stereocenters.